The fourth-order valence-corrected chi connectivity index (χ4v) is 7.46. The Morgan fingerprint density at radius 1 is 0.625 bits per heavy atom. The van der Waals surface area contributed by atoms with Crippen LogP contribution in [0.15, 0.2) is 46.2 Å². The Morgan fingerprint density at radius 2 is 1.10 bits per heavy atom. The summed E-state index contributed by atoms with van der Waals surface area (Å²) in [5.74, 6) is -0.192. The van der Waals surface area contributed by atoms with E-state index in [1.54, 1.807) is 22.7 Å². The summed E-state index contributed by atoms with van der Waals surface area (Å²) in [7, 11) is 0. The van der Waals surface area contributed by atoms with Gasteiger partial charge in [0.2, 0.25) is 0 Å². The maximum Gasteiger partial charge on any atom is 0.261 e. The minimum atomic E-state index is -0.157. The molecule has 40 heavy (non-hydrogen) atoms. The molecular formula is C34H48N2O2S2. The number of nitrogens with one attached hydrogen (secondary N) is 1. The lowest BCUT2D eigenvalue weighted by atomic mass is 10.0. The summed E-state index contributed by atoms with van der Waals surface area (Å²) in [5.41, 5.74) is 2.58. The summed E-state index contributed by atoms with van der Waals surface area (Å²) < 4.78 is 0. The van der Waals surface area contributed by atoms with Crippen LogP contribution < -0.4 is 5.32 Å². The maximum atomic E-state index is 13.6. The topological polar surface area (TPSA) is 49.4 Å². The average molecular weight is 581 g/mol. The number of thiophene rings is 2. The molecule has 0 saturated heterocycles. The zero-order valence-electron chi connectivity index (χ0n) is 24.5. The van der Waals surface area contributed by atoms with E-state index in [4.69, 9.17) is 0 Å². The number of unbranched alkanes of at least 4 members (excludes halogenated alkanes) is 17. The number of rotatable bonds is 21. The second-order valence-corrected chi connectivity index (χ2v) is 13.2. The highest BCUT2D eigenvalue weighted by atomic mass is 32.1. The van der Waals surface area contributed by atoms with Crippen LogP contribution in [0.25, 0.3) is 11.4 Å². The van der Waals surface area contributed by atoms with E-state index in [1.807, 2.05) is 39.9 Å². The molecule has 2 amide bonds. The minimum Gasteiger partial charge on any atom is -0.320 e. The zero-order chi connectivity index (χ0) is 28.0. The first-order valence-corrected chi connectivity index (χ1v) is 17.7. The molecule has 0 fully saturated rings. The molecule has 0 atom stereocenters. The molecule has 218 valence electrons. The summed E-state index contributed by atoms with van der Waals surface area (Å²) in [4.78, 5) is 30.4. The molecule has 0 aromatic carbocycles. The standard InChI is InChI=1S/C34H48N2O2S2/c1-2-3-4-5-6-7-8-9-10-11-12-13-14-15-16-17-18-19-24-36-32(28-23-21-26-40-28)30-29(34(36)38)31(35-33(30)37)27-22-20-25-39-27/h20-23,25-26H,2-19,24H2,1H3,(H,35,37). The van der Waals surface area contributed by atoms with Crippen molar-refractivity contribution in [1.82, 2.24) is 10.2 Å². The van der Waals surface area contributed by atoms with Gasteiger partial charge in [-0.15, -0.1) is 22.7 Å². The molecule has 6 heteroatoms. The van der Waals surface area contributed by atoms with Gasteiger partial charge in [0.15, 0.2) is 0 Å². The molecule has 4 heterocycles. The van der Waals surface area contributed by atoms with E-state index in [0.717, 1.165) is 28.3 Å². The molecule has 2 aliphatic rings. The van der Waals surface area contributed by atoms with Crippen molar-refractivity contribution in [3.05, 3.63) is 55.9 Å². The highest BCUT2D eigenvalue weighted by Crippen LogP contribution is 2.44. The van der Waals surface area contributed by atoms with Crippen LogP contribution in [0.2, 0.25) is 0 Å². The van der Waals surface area contributed by atoms with Gasteiger partial charge in [0.05, 0.1) is 32.3 Å². The molecule has 0 bridgehead atoms. The summed E-state index contributed by atoms with van der Waals surface area (Å²) >= 11 is 3.14. The average Bonchev–Trinajstić information content (AvgIpc) is 3.76. The van der Waals surface area contributed by atoms with Crippen molar-refractivity contribution < 1.29 is 9.59 Å². The van der Waals surface area contributed by atoms with Crippen LogP contribution >= 0.6 is 22.7 Å². The number of amides is 2. The van der Waals surface area contributed by atoms with Crippen LogP contribution in [0.3, 0.4) is 0 Å². The smallest absolute Gasteiger partial charge is 0.261 e. The van der Waals surface area contributed by atoms with Crippen molar-refractivity contribution in [3.63, 3.8) is 0 Å². The van der Waals surface area contributed by atoms with E-state index < -0.39 is 0 Å². The molecule has 0 unspecified atom stereocenters. The molecule has 0 spiro atoms. The van der Waals surface area contributed by atoms with Gasteiger partial charge >= 0.3 is 0 Å². The molecule has 1 N–H and O–H groups in total. The quantitative estimate of drug-likeness (QED) is 0.149. The van der Waals surface area contributed by atoms with E-state index in [0.29, 0.717) is 23.4 Å². The van der Waals surface area contributed by atoms with Gasteiger partial charge in [-0.1, -0.05) is 128 Å². The van der Waals surface area contributed by atoms with Crippen molar-refractivity contribution in [1.29, 1.82) is 0 Å². The van der Waals surface area contributed by atoms with Crippen molar-refractivity contribution in [2.45, 2.75) is 122 Å². The molecule has 0 radical (unpaired) electrons. The van der Waals surface area contributed by atoms with E-state index in [2.05, 4.69) is 12.2 Å². The number of carbonyl (C=O) groups is 2. The fraction of sp³-hybridized carbons (Fsp3) is 0.588. The monoisotopic (exact) mass is 580 g/mol. The molecule has 2 aliphatic heterocycles. The van der Waals surface area contributed by atoms with E-state index in [-0.39, 0.29) is 11.8 Å². The molecule has 0 saturated carbocycles. The molecule has 4 nitrogen and oxygen atoms in total. The van der Waals surface area contributed by atoms with Crippen molar-refractivity contribution >= 4 is 45.9 Å². The van der Waals surface area contributed by atoms with Crippen molar-refractivity contribution in [2.75, 3.05) is 6.54 Å². The predicted molar refractivity (Wildman–Crippen MR) is 171 cm³/mol. The third kappa shape index (κ3) is 8.42. The van der Waals surface area contributed by atoms with Gasteiger partial charge < -0.3 is 10.2 Å². The third-order valence-corrected chi connectivity index (χ3v) is 9.95. The first-order valence-electron chi connectivity index (χ1n) is 15.9. The predicted octanol–water partition coefficient (Wildman–Crippen LogP) is 9.95. The third-order valence-electron chi connectivity index (χ3n) is 8.19. The summed E-state index contributed by atoms with van der Waals surface area (Å²) in [6.45, 7) is 2.95. The van der Waals surface area contributed by atoms with Gasteiger partial charge in [-0.2, -0.15) is 0 Å². The number of nitrogens with zero attached hydrogens (tertiary/aromatic N) is 1. The molecule has 4 rings (SSSR count). The van der Waals surface area contributed by atoms with Gasteiger partial charge in [0, 0.05) is 6.54 Å². The second kappa shape index (κ2) is 16.9. The van der Waals surface area contributed by atoms with Crippen LogP contribution in [-0.4, -0.2) is 23.3 Å². The van der Waals surface area contributed by atoms with Crippen LogP contribution in [0.1, 0.15) is 132 Å². The van der Waals surface area contributed by atoms with E-state index >= 15 is 0 Å². The van der Waals surface area contributed by atoms with Crippen LogP contribution in [0, 0.1) is 0 Å². The molecular weight excluding hydrogens is 533 g/mol. The lowest BCUT2D eigenvalue weighted by Gasteiger charge is -2.20. The number of hydrogen-bond donors (Lipinski definition) is 1. The molecule has 0 aliphatic carbocycles. The van der Waals surface area contributed by atoms with Gasteiger partial charge in [0.25, 0.3) is 11.8 Å². The lowest BCUT2D eigenvalue weighted by Crippen LogP contribution is -2.28. The summed E-state index contributed by atoms with van der Waals surface area (Å²) in [5, 5.41) is 6.97. The van der Waals surface area contributed by atoms with Gasteiger partial charge in [-0.3, -0.25) is 9.59 Å². The Morgan fingerprint density at radius 3 is 1.57 bits per heavy atom. The number of hydrogen-bond acceptors (Lipinski definition) is 4. The molecule has 2 aromatic rings. The Balaban J connectivity index is 1.11. The first-order chi connectivity index (χ1) is 19.7. The fourth-order valence-electron chi connectivity index (χ4n) is 5.95. The van der Waals surface area contributed by atoms with Gasteiger partial charge in [-0.05, 0) is 29.3 Å². The second-order valence-electron chi connectivity index (χ2n) is 11.3. The SMILES string of the molecule is CCCCCCCCCCCCCCCCCCCCN1C(=O)C2=C(c3cccs3)NC(=O)C2=C1c1cccs1. The van der Waals surface area contributed by atoms with Crippen LogP contribution in [-0.2, 0) is 9.59 Å². The van der Waals surface area contributed by atoms with Crippen LogP contribution in [0.5, 0.6) is 0 Å². The Kier molecular flexibility index (Phi) is 13.0. The Hall–Kier alpha value is -2.18. The van der Waals surface area contributed by atoms with Gasteiger partial charge in [-0.25, -0.2) is 0 Å². The molecule has 2 aromatic heterocycles. The summed E-state index contributed by atoms with van der Waals surface area (Å²) in [6, 6.07) is 7.93. The van der Waals surface area contributed by atoms with Crippen LogP contribution in [0.4, 0.5) is 0 Å². The first kappa shape index (κ1) is 30.8. The maximum absolute atomic E-state index is 13.6. The van der Waals surface area contributed by atoms with Crippen molar-refractivity contribution in [2.24, 2.45) is 0 Å². The normalized spacial score (nSPS) is 15.1. The van der Waals surface area contributed by atoms with Crippen molar-refractivity contribution in [3.8, 4) is 0 Å². The largest absolute Gasteiger partial charge is 0.320 e. The van der Waals surface area contributed by atoms with E-state index in [9.17, 15) is 9.59 Å². The number of carbonyl (C=O) groups excluding carboxylic acids is 2. The summed E-state index contributed by atoms with van der Waals surface area (Å²) in [6.07, 6.45) is 24.2. The van der Waals surface area contributed by atoms with Gasteiger partial charge in [0.1, 0.15) is 0 Å². The van der Waals surface area contributed by atoms with E-state index in [1.165, 1.54) is 103 Å². The zero-order valence-corrected chi connectivity index (χ0v) is 26.1. The Bertz CT molecular complexity index is 1120. The number of fused-ring (bicyclic) bond motifs is 1. The highest BCUT2D eigenvalue weighted by molar-refractivity contribution is 7.11. The Labute approximate surface area is 249 Å². The highest BCUT2D eigenvalue weighted by Gasteiger charge is 2.45. The lowest BCUT2D eigenvalue weighted by molar-refractivity contribution is -0.123. The minimum absolute atomic E-state index is 0.0351.